The normalized spacial score (nSPS) is 17.6. The molecule has 0 bridgehead atoms. The standard InChI is InChI=1S/C21H26ClN3O4S/c1-2-12-30(28,29)25-11-5-7-17(14-25)21(27)23-18-9-10-20(26)24(15-18)13-16-6-3-4-8-19(16)22/h3-4,6,8-10,15,17H,2,5,7,11-14H2,1H3,(H,23,27). The third kappa shape index (κ3) is 5.50. The summed E-state index contributed by atoms with van der Waals surface area (Å²) in [7, 11) is -3.33. The number of rotatable bonds is 7. The van der Waals surface area contributed by atoms with Crippen molar-refractivity contribution in [3.8, 4) is 0 Å². The van der Waals surface area contributed by atoms with Crippen LogP contribution in [0.5, 0.6) is 0 Å². The Morgan fingerprint density at radius 1 is 1.23 bits per heavy atom. The van der Waals surface area contributed by atoms with Crippen LogP contribution in [0.25, 0.3) is 0 Å². The number of nitrogens with one attached hydrogen (secondary N) is 1. The summed E-state index contributed by atoms with van der Waals surface area (Å²) in [6, 6.07) is 10.2. The van der Waals surface area contributed by atoms with Gasteiger partial charge in [0.2, 0.25) is 15.9 Å². The summed E-state index contributed by atoms with van der Waals surface area (Å²) >= 11 is 6.19. The van der Waals surface area contributed by atoms with E-state index in [1.165, 1.54) is 14.9 Å². The highest BCUT2D eigenvalue weighted by Crippen LogP contribution is 2.22. The molecule has 1 aromatic heterocycles. The Labute approximate surface area is 181 Å². The van der Waals surface area contributed by atoms with Gasteiger partial charge in [-0.1, -0.05) is 36.7 Å². The molecule has 2 aromatic rings. The fraction of sp³-hybridized carbons (Fsp3) is 0.429. The van der Waals surface area contributed by atoms with Crippen LogP contribution in [-0.4, -0.2) is 42.0 Å². The van der Waals surface area contributed by atoms with Gasteiger partial charge in [0, 0.05) is 30.4 Å². The average Bonchev–Trinajstić information content (AvgIpc) is 2.72. The van der Waals surface area contributed by atoms with Gasteiger partial charge in [-0.2, -0.15) is 0 Å². The van der Waals surface area contributed by atoms with E-state index in [-0.39, 0.29) is 30.3 Å². The summed E-state index contributed by atoms with van der Waals surface area (Å²) in [6.45, 7) is 2.75. The predicted octanol–water partition coefficient (Wildman–Crippen LogP) is 2.94. The minimum Gasteiger partial charge on any atom is -0.325 e. The molecule has 1 unspecified atom stereocenters. The zero-order valence-corrected chi connectivity index (χ0v) is 18.5. The molecule has 1 atom stereocenters. The van der Waals surface area contributed by atoms with Crippen molar-refractivity contribution in [3.63, 3.8) is 0 Å². The summed E-state index contributed by atoms with van der Waals surface area (Å²) in [5.41, 5.74) is 1.08. The number of anilines is 1. The van der Waals surface area contributed by atoms with Crippen LogP contribution in [-0.2, 0) is 21.4 Å². The van der Waals surface area contributed by atoms with Crippen molar-refractivity contribution in [1.29, 1.82) is 0 Å². The van der Waals surface area contributed by atoms with Crippen LogP contribution in [0.1, 0.15) is 31.7 Å². The number of amides is 1. The van der Waals surface area contributed by atoms with E-state index in [0.717, 1.165) is 5.56 Å². The first-order chi connectivity index (χ1) is 14.3. The zero-order chi connectivity index (χ0) is 21.7. The number of pyridine rings is 1. The largest absolute Gasteiger partial charge is 0.325 e. The second-order valence-corrected chi connectivity index (χ2v) is 9.97. The van der Waals surface area contributed by atoms with E-state index in [9.17, 15) is 18.0 Å². The maximum Gasteiger partial charge on any atom is 0.250 e. The SMILES string of the molecule is CCCS(=O)(=O)N1CCCC(C(=O)Nc2ccc(=O)n(Cc3ccccc3Cl)c2)C1. The summed E-state index contributed by atoms with van der Waals surface area (Å²) in [6.07, 6.45) is 3.40. The van der Waals surface area contributed by atoms with E-state index in [1.54, 1.807) is 18.3 Å². The second-order valence-electron chi connectivity index (χ2n) is 7.48. The Hall–Kier alpha value is -2.16. The van der Waals surface area contributed by atoms with Gasteiger partial charge in [-0.05, 0) is 37.0 Å². The van der Waals surface area contributed by atoms with Crippen LogP contribution >= 0.6 is 11.6 Å². The third-order valence-corrected chi connectivity index (χ3v) is 7.57. The first-order valence-corrected chi connectivity index (χ1v) is 12.0. The fourth-order valence-corrected chi connectivity index (χ4v) is 5.36. The molecular weight excluding hydrogens is 426 g/mol. The summed E-state index contributed by atoms with van der Waals surface area (Å²) in [5.74, 6) is -0.572. The second kappa shape index (κ2) is 9.76. The van der Waals surface area contributed by atoms with Crippen molar-refractivity contribution >= 4 is 33.2 Å². The van der Waals surface area contributed by atoms with E-state index in [1.807, 2.05) is 25.1 Å². The number of hydrogen-bond donors (Lipinski definition) is 1. The van der Waals surface area contributed by atoms with Gasteiger partial charge in [-0.3, -0.25) is 9.59 Å². The van der Waals surface area contributed by atoms with Crippen molar-refractivity contribution in [2.24, 2.45) is 5.92 Å². The fourth-order valence-electron chi connectivity index (χ4n) is 3.58. The molecule has 30 heavy (non-hydrogen) atoms. The van der Waals surface area contributed by atoms with Crippen molar-refractivity contribution in [2.45, 2.75) is 32.7 Å². The van der Waals surface area contributed by atoms with Crippen LogP contribution in [0.2, 0.25) is 5.02 Å². The van der Waals surface area contributed by atoms with Gasteiger partial charge in [0.25, 0.3) is 5.56 Å². The highest BCUT2D eigenvalue weighted by Gasteiger charge is 2.31. The molecule has 1 saturated heterocycles. The Balaban J connectivity index is 1.71. The molecule has 0 spiro atoms. The van der Waals surface area contributed by atoms with Gasteiger partial charge >= 0.3 is 0 Å². The van der Waals surface area contributed by atoms with Gasteiger partial charge in [0.15, 0.2) is 0 Å². The average molecular weight is 452 g/mol. The molecule has 1 aliphatic heterocycles. The minimum absolute atomic E-state index is 0.0916. The molecule has 1 N–H and O–H groups in total. The lowest BCUT2D eigenvalue weighted by atomic mass is 9.99. The van der Waals surface area contributed by atoms with Crippen molar-refractivity contribution in [3.05, 3.63) is 63.5 Å². The Bertz CT molecular complexity index is 1070. The third-order valence-electron chi connectivity index (χ3n) is 5.16. The molecule has 1 amide bonds. The van der Waals surface area contributed by atoms with Crippen LogP contribution in [0.4, 0.5) is 5.69 Å². The molecule has 0 radical (unpaired) electrons. The lowest BCUT2D eigenvalue weighted by Gasteiger charge is -2.31. The topological polar surface area (TPSA) is 88.5 Å². The van der Waals surface area contributed by atoms with Gasteiger partial charge < -0.3 is 9.88 Å². The van der Waals surface area contributed by atoms with Gasteiger partial charge in [0.05, 0.1) is 23.9 Å². The molecule has 0 saturated carbocycles. The Morgan fingerprint density at radius 2 is 2.00 bits per heavy atom. The van der Waals surface area contributed by atoms with E-state index in [2.05, 4.69) is 5.32 Å². The highest BCUT2D eigenvalue weighted by atomic mass is 35.5. The smallest absolute Gasteiger partial charge is 0.250 e. The number of benzene rings is 1. The Morgan fingerprint density at radius 3 is 2.73 bits per heavy atom. The molecule has 3 rings (SSSR count). The lowest BCUT2D eigenvalue weighted by Crippen LogP contribution is -2.44. The van der Waals surface area contributed by atoms with E-state index in [0.29, 0.717) is 36.5 Å². The number of aromatic nitrogens is 1. The molecule has 9 heteroatoms. The van der Waals surface area contributed by atoms with Gasteiger partial charge in [0.1, 0.15) is 0 Å². The maximum absolute atomic E-state index is 12.8. The van der Waals surface area contributed by atoms with Crippen LogP contribution in [0.3, 0.4) is 0 Å². The van der Waals surface area contributed by atoms with Crippen LogP contribution < -0.4 is 10.9 Å². The van der Waals surface area contributed by atoms with E-state index in [4.69, 9.17) is 11.6 Å². The first kappa shape index (κ1) is 22.5. The first-order valence-electron chi connectivity index (χ1n) is 10.0. The molecular formula is C21H26ClN3O4S. The molecule has 7 nitrogen and oxygen atoms in total. The number of piperidine rings is 1. The van der Waals surface area contributed by atoms with Gasteiger partial charge in [-0.25, -0.2) is 12.7 Å². The molecule has 1 aromatic carbocycles. The zero-order valence-electron chi connectivity index (χ0n) is 16.9. The number of carbonyl (C=O) groups is 1. The van der Waals surface area contributed by atoms with Crippen molar-refractivity contribution in [1.82, 2.24) is 8.87 Å². The number of hydrogen-bond acceptors (Lipinski definition) is 4. The molecule has 1 aliphatic rings. The predicted molar refractivity (Wildman–Crippen MR) is 118 cm³/mol. The molecule has 1 fully saturated rings. The summed E-state index contributed by atoms with van der Waals surface area (Å²) < 4.78 is 27.6. The van der Waals surface area contributed by atoms with Crippen molar-refractivity contribution in [2.75, 3.05) is 24.2 Å². The number of carbonyl (C=O) groups excluding carboxylic acids is 1. The van der Waals surface area contributed by atoms with E-state index < -0.39 is 15.9 Å². The maximum atomic E-state index is 12.8. The number of sulfonamides is 1. The summed E-state index contributed by atoms with van der Waals surface area (Å²) in [4.78, 5) is 25.0. The molecule has 162 valence electrons. The van der Waals surface area contributed by atoms with E-state index >= 15 is 0 Å². The summed E-state index contributed by atoms with van der Waals surface area (Å²) in [5, 5.41) is 3.39. The molecule has 0 aliphatic carbocycles. The van der Waals surface area contributed by atoms with Crippen LogP contribution in [0.15, 0.2) is 47.4 Å². The minimum atomic E-state index is -3.33. The Kier molecular flexibility index (Phi) is 7.33. The lowest BCUT2D eigenvalue weighted by molar-refractivity contribution is -0.120. The quantitative estimate of drug-likeness (QED) is 0.700. The number of nitrogens with zero attached hydrogens (tertiary/aromatic N) is 2. The molecule has 2 heterocycles. The number of halogens is 1. The monoisotopic (exact) mass is 451 g/mol. The van der Waals surface area contributed by atoms with Crippen LogP contribution in [0, 0.1) is 5.92 Å². The van der Waals surface area contributed by atoms with Gasteiger partial charge in [-0.15, -0.1) is 0 Å². The highest BCUT2D eigenvalue weighted by molar-refractivity contribution is 7.89. The van der Waals surface area contributed by atoms with Crippen molar-refractivity contribution < 1.29 is 13.2 Å².